The molecule has 0 aliphatic carbocycles. The van der Waals surface area contributed by atoms with E-state index in [4.69, 9.17) is 5.26 Å². The second kappa shape index (κ2) is 4.86. The number of piperidine rings is 1. The molecule has 4 nitrogen and oxygen atoms in total. The average molecular weight is 215 g/mol. The third-order valence-corrected chi connectivity index (χ3v) is 2.72. The number of nitrogens with zero attached hydrogens (tertiary/aromatic N) is 3. The van der Waals surface area contributed by atoms with Crippen molar-refractivity contribution in [3.63, 3.8) is 0 Å². The minimum absolute atomic E-state index is 0.286. The van der Waals surface area contributed by atoms with Crippen LogP contribution >= 0.6 is 0 Å². The lowest BCUT2D eigenvalue weighted by Gasteiger charge is -2.25. The van der Waals surface area contributed by atoms with Gasteiger partial charge in [0.15, 0.2) is 0 Å². The Morgan fingerprint density at radius 3 is 3.19 bits per heavy atom. The quantitative estimate of drug-likeness (QED) is 0.741. The molecule has 0 saturated carbocycles. The molecular formula is C12H13N3O. The summed E-state index contributed by atoms with van der Waals surface area (Å²) in [6, 6.07) is 5.79. The molecule has 1 fully saturated rings. The Labute approximate surface area is 94.5 Å². The van der Waals surface area contributed by atoms with Crippen LogP contribution in [0.5, 0.6) is 0 Å². The Morgan fingerprint density at radius 1 is 1.56 bits per heavy atom. The summed E-state index contributed by atoms with van der Waals surface area (Å²) < 4.78 is 0. The number of hydrogen-bond acceptors (Lipinski definition) is 4. The van der Waals surface area contributed by atoms with Crippen LogP contribution < -0.4 is 0 Å². The van der Waals surface area contributed by atoms with Gasteiger partial charge in [-0.3, -0.25) is 9.69 Å². The van der Waals surface area contributed by atoms with E-state index in [0.717, 1.165) is 18.5 Å². The third-order valence-electron chi connectivity index (χ3n) is 2.72. The fourth-order valence-corrected chi connectivity index (χ4v) is 1.95. The second-order valence-electron chi connectivity index (χ2n) is 3.98. The molecule has 0 bridgehead atoms. The third kappa shape index (κ3) is 2.44. The summed E-state index contributed by atoms with van der Waals surface area (Å²) >= 11 is 0. The van der Waals surface area contributed by atoms with Crippen LogP contribution in [0.25, 0.3) is 0 Å². The number of ketones is 1. The van der Waals surface area contributed by atoms with Gasteiger partial charge in [-0.2, -0.15) is 5.26 Å². The van der Waals surface area contributed by atoms with Gasteiger partial charge in [-0.25, -0.2) is 4.98 Å². The first-order valence-corrected chi connectivity index (χ1v) is 5.37. The van der Waals surface area contributed by atoms with Crippen molar-refractivity contribution in [3.8, 4) is 6.07 Å². The van der Waals surface area contributed by atoms with E-state index < -0.39 is 0 Å². The van der Waals surface area contributed by atoms with E-state index in [9.17, 15) is 4.79 Å². The molecular weight excluding hydrogens is 202 g/mol. The zero-order chi connectivity index (χ0) is 11.4. The highest BCUT2D eigenvalue weighted by molar-refractivity contribution is 5.81. The van der Waals surface area contributed by atoms with Crippen molar-refractivity contribution in [2.75, 3.05) is 13.1 Å². The van der Waals surface area contributed by atoms with Crippen LogP contribution in [0.15, 0.2) is 18.3 Å². The number of nitriles is 1. The summed E-state index contributed by atoms with van der Waals surface area (Å²) in [5.74, 6) is 0.286. The topological polar surface area (TPSA) is 57.0 Å². The van der Waals surface area contributed by atoms with Gasteiger partial charge in [0.1, 0.15) is 17.5 Å². The van der Waals surface area contributed by atoms with Crippen LogP contribution in [0.1, 0.15) is 24.1 Å². The summed E-state index contributed by atoms with van der Waals surface area (Å²) in [7, 11) is 0. The number of carbonyl (C=O) groups is 1. The van der Waals surface area contributed by atoms with E-state index in [1.807, 2.05) is 12.1 Å². The van der Waals surface area contributed by atoms with Crippen molar-refractivity contribution in [3.05, 3.63) is 29.6 Å². The lowest BCUT2D eigenvalue weighted by Crippen LogP contribution is -2.35. The van der Waals surface area contributed by atoms with Crippen LogP contribution in [-0.4, -0.2) is 28.8 Å². The predicted octanol–water partition coefficient (Wildman–Crippen LogP) is 1.12. The Kier molecular flexibility index (Phi) is 3.28. The minimum Gasteiger partial charge on any atom is -0.298 e. The van der Waals surface area contributed by atoms with E-state index in [2.05, 4.69) is 16.0 Å². The molecule has 1 aliphatic rings. The molecule has 1 aromatic rings. The Morgan fingerprint density at radius 2 is 2.44 bits per heavy atom. The largest absolute Gasteiger partial charge is 0.298 e. The second-order valence-corrected chi connectivity index (χ2v) is 3.98. The number of Topliss-reactive ketones (excluding diaryl/α,β-unsaturated/α-hetero) is 1. The monoisotopic (exact) mass is 215 g/mol. The SMILES string of the molecule is N#Cc1ncccc1CN1CCCC(=O)C1. The Bertz CT molecular complexity index is 436. The van der Waals surface area contributed by atoms with Crippen molar-refractivity contribution in [2.24, 2.45) is 0 Å². The Balaban J connectivity index is 2.09. The van der Waals surface area contributed by atoms with E-state index in [0.29, 0.717) is 25.2 Å². The van der Waals surface area contributed by atoms with Crippen LogP contribution in [0, 0.1) is 11.3 Å². The molecule has 1 saturated heterocycles. The van der Waals surface area contributed by atoms with Gasteiger partial charge >= 0.3 is 0 Å². The van der Waals surface area contributed by atoms with E-state index in [1.54, 1.807) is 6.20 Å². The number of aromatic nitrogens is 1. The van der Waals surface area contributed by atoms with Crippen molar-refractivity contribution >= 4 is 5.78 Å². The molecule has 2 rings (SSSR count). The number of rotatable bonds is 2. The van der Waals surface area contributed by atoms with Gasteiger partial charge in [0, 0.05) is 24.7 Å². The fraction of sp³-hybridized carbons (Fsp3) is 0.417. The maximum atomic E-state index is 11.3. The molecule has 16 heavy (non-hydrogen) atoms. The molecule has 2 heterocycles. The van der Waals surface area contributed by atoms with E-state index in [-0.39, 0.29) is 5.78 Å². The van der Waals surface area contributed by atoms with Crippen molar-refractivity contribution < 1.29 is 4.79 Å². The molecule has 0 amide bonds. The molecule has 1 aliphatic heterocycles. The molecule has 0 atom stereocenters. The lowest BCUT2D eigenvalue weighted by atomic mass is 10.1. The van der Waals surface area contributed by atoms with E-state index in [1.165, 1.54) is 0 Å². The summed E-state index contributed by atoms with van der Waals surface area (Å²) in [5.41, 5.74) is 1.36. The normalized spacial score (nSPS) is 17.1. The van der Waals surface area contributed by atoms with Gasteiger partial charge in [0.2, 0.25) is 0 Å². The fourth-order valence-electron chi connectivity index (χ4n) is 1.95. The van der Waals surface area contributed by atoms with Crippen molar-refractivity contribution in [2.45, 2.75) is 19.4 Å². The maximum Gasteiger partial charge on any atom is 0.146 e. The molecule has 82 valence electrons. The number of hydrogen-bond donors (Lipinski definition) is 0. The zero-order valence-corrected chi connectivity index (χ0v) is 9.02. The first kappa shape index (κ1) is 10.8. The summed E-state index contributed by atoms with van der Waals surface area (Å²) in [6.07, 6.45) is 3.22. The highest BCUT2D eigenvalue weighted by Crippen LogP contribution is 2.12. The van der Waals surface area contributed by atoms with Gasteiger partial charge < -0.3 is 0 Å². The number of carbonyl (C=O) groups excluding carboxylic acids is 1. The minimum atomic E-state index is 0.286. The van der Waals surface area contributed by atoms with Crippen LogP contribution in [0.2, 0.25) is 0 Å². The van der Waals surface area contributed by atoms with Gasteiger partial charge in [-0.1, -0.05) is 6.07 Å². The summed E-state index contributed by atoms with van der Waals surface area (Å²) in [4.78, 5) is 17.4. The lowest BCUT2D eigenvalue weighted by molar-refractivity contribution is -0.122. The number of likely N-dealkylation sites (tertiary alicyclic amines) is 1. The average Bonchev–Trinajstić information content (AvgIpc) is 2.30. The molecule has 0 unspecified atom stereocenters. The highest BCUT2D eigenvalue weighted by Gasteiger charge is 2.17. The summed E-state index contributed by atoms with van der Waals surface area (Å²) in [6.45, 7) is 2.06. The zero-order valence-electron chi connectivity index (χ0n) is 9.02. The van der Waals surface area contributed by atoms with Crippen LogP contribution in [0.4, 0.5) is 0 Å². The predicted molar refractivity (Wildman–Crippen MR) is 58.5 cm³/mol. The Hall–Kier alpha value is -1.73. The smallest absolute Gasteiger partial charge is 0.146 e. The molecule has 0 radical (unpaired) electrons. The standard InChI is InChI=1S/C12H13N3O/c13-7-12-10(3-1-5-14-12)8-15-6-2-4-11(16)9-15/h1,3,5H,2,4,6,8-9H2. The highest BCUT2D eigenvalue weighted by atomic mass is 16.1. The van der Waals surface area contributed by atoms with Gasteiger partial charge in [0.05, 0.1) is 6.54 Å². The van der Waals surface area contributed by atoms with Gasteiger partial charge in [-0.15, -0.1) is 0 Å². The molecule has 0 aromatic carbocycles. The molecule has 1 aromatic heterocycles. The van der Waals surface area contributed by atoms with Crippen molar-refractivity contribution in [1.29, 1.82) is 5.26 Å². The molecule has 4 heteroatoms. The van der Waals surface area contributed by atoms with E-state index >= 15 is 0 Å². The maximum absolute atomic E-state index is 11.3. The van der Waals surface area contributed by atoms with Gasteiger partial charge in [0.25, 0.3) is 0 Å². The van der Waals surface area contributed by atoms with Crippen LogP contribution in [0.3, 0.4) is 0 Å². The first-order chi connectivity index (χ1) is 7.79. The first-order valence-electron chi connectivity index (χ1n) is 5.37. The van der Waals surface area contributed by atoms with Crippen molar-refractivity contribution in [1.82, 2.24) is 9.88 Å². The van der Waals surface area contributed by atoms with Crippen LogP contribution in [-0.2, 0) is 11.3 Å². The number of pyridine rings is 1. The molecule has 0 N–H and O–H groups in total. The summed E-state index contributed by atoms with van der Waals surface area (Å²) in [5, 5.41) is 8.90. The van der Waals surface area contributed by atoms with Gasteiger partial charge in [-0.05, 0) is 19.0 Å². The molecule has 0 spiro atoms.